The van der Waals surface area contributed by atoms with Crippen LogP contribution in [0, 0.1) is 0 Å². The number of aliphatic hydroxyl groups is 1. The van der Waals surface area contributed by atoms with Gasteiger partial charge in [-0.1, -0.05) is 60.7 Å². The number of nitrogens with one attached hydrogen (secondary N) is 1. The first kappa shape index (κ1) is 21.9. The number of primary amides is 1. The number of aliphatic hydroxyl groups excluding tert-OH is 1. The molecular weight excluding hydrogens is 352 g/mol. The van der Waals surface area contributed by atoms with Crippen molar-refractivity contribution in [2.45, 2.75) is 63.8 Å². The second-order valence-electron chi connectivity index (χ2n) is 8.24. The molecule has 28 heavy (non-hydrogen) atoms. The molecule has 5 heteroatoms. The Kier molecular flexibility index (Phi) is 8.03. The van der Waals surface area contributed by atoms with Crippen LogP contribution in [0.5, 0.6) is 0 Å². The lowest BCUT2D eigenvalue weighted by atomic mass is 9.93. The molecule has 0 fully saturated rings. The molecule has 0 radical (unpaired) electrons. The lowest BCUT2D eigenvalue weighted by molar-refractivity contribution is 0.0374. The first-order chi connectivity index (χ1) is 13.2. The molecule has 2 aromatic carbocycles. The summed E-state index contributed by atoms with van der Waals surface area (Å²) in [4.78, 5) is 11.4. The van der Waals surface area contributed by atoms with Gasteiger partial charge in [0.1, 0.15) is 6.10 Å². The Morgan fingerprint density at radius 2 is 1.50 bits per heavy atom. The zero-order valence-corrected chi connectivity index (χ0v) is 17.0. The van der Waals surface area contributed by atoms with Crippen LogP contribution in [0.2, 0.25) is 0 Å². The average molecular weight is 385 g/mol. The van der Waals surface area contributed by atoms with Gasteiger partial charge in [-0.2, -0.15) is 0 Å². The van der Waals surface area contributed by atoms with Crippen LogP contribution in [0.1, 0.15) is 38.3 Å². The topological polar surface area (TPSA) is 84.6 Å². The fourth-order valence-electron chi connectivity index (χ4n) is 3.36. The molecule has 0 aliphatic heterocycles. The Morgan fingerprint density at radius 1 is 1.00 bits per heavy atom. The van der Waals surface area contributed by atoms with Crippen molar-refractivity contribution >= 4 is 6.09 Å². The maximum Gasteiger partial charge on any atom is 0.404 e. The summed E-state index contributed by atoms with van der Waals surface area (Å²) in [5, 5.41) is 14.5. The van der Waals surface area contributed by atoms with Gasteiger partial charge in [0.15, 0.2) is 0 Å². The summed E-state index contributed by atoms with van der Waals surface area (Å²) in [6, 6.07) is 19.6. The lowest BCUT2D eigenvalue weighted by Crippen LogP contribution is -2.51. The van der Waals surface area contributed by atoms with Crippen molar-refractivity contribution in [1.82, 2.24) is 5.32 Å². The molecule has 3 atom stereocenters. The van der Waals surface area contributed by atoms with E-state index in [0.29, 0.717) is 19.3 Å². The molecule has 0 saturated heterocycles. The van der Waals surface area contributed by atoms with E-state index in [4.69, 9.17) is 10.5 Å². The number of rotatable bonds is 9. The van der Waals surface area contributed by atoms with E-state index in [-0.39, 0.29) is 11.6 Å². The van der Waals surface area contributed by atoms with Crippen LogP contribution in [0.15, 0.2) is 60.7 Å². The van der Waals surface area contributed by atoms with E-state index in [1.807, 2.05) is 60.7 Å². The maximum absolute atomic E-state index is 11.4. The molecule has 1 amide bonds. The van der Waals surface area contributed by atoms with Gasteiger partial charge in [0, 0.05) is 24.4 Å². The summed E-state index contributed by atoms with van der Waals surface area (Å²) in [5.74, 6) is 0. The van der Waals surface area contributed by atoms with Crippen molar-refractivity contribution in [3.8, 4) is 0 Å². The summed E-state index contributed by atoms with van der Waals surface area (Å²) in [6.45, 7) is 6.21. The van der Waals surface area contributed by atoms with Gasteiger partial charge in [0.05, 0.1) is 6.10 Å². The van der Waals surface area contributed by atoms with Crippen molar-refractivity contribution in [3.63, 3.8) is 0 Å². The summed E-state index contributed by atoms with van der Waals surface area (Å²) in [7, 11) is 0. The number of carbonyl (C=O) groups excluding carboxylic acids is 1. The molecule has 0 aliphatic rings. The summed E-state index contributed by atoms with van der Waals surface area (Å²) in [6.07, 6.45) is -0.528. The van der Waals surface area contributed by atoms with Crippen LogP contribution >= 0.6 is 0 Å². The summed E-state index contributed by atoms with van der Waals surface area (Å²) >= 11 is 0. The number of hydrogen-bond donors (Lipinski definition) is 3. The number of ether oxygens (including phenoxy) is 1. The SMILES string of the molecule is CC(C)(C)N[C@@H](Cc1ccccc1)[C@@H](O)C[C@H](Cc1ccccc1)OC(N)=O. The highest BCUT2D eigenvalue weighted by Crippen LogP contribution is 2.17. The average Bonchev–Trinajstić information content (AvgIpc) is 2.61. The van der Waals surface area contributed by atoms with Crippen LogP contribution in [-0.4, -0.2) is 35.0 Å². The molecule has 2 rings (SSSR count). The van der Waals surface area contributed by atoms with Crippen LogP contribution in [0.4, 0.5) is 4.79 Å². The highest BCUT2D eigenvalue weighted by atomic mass is 16.6. The lowest BCUT2D eigenvalue weighted by Gasteiger charge is -2.33. The Hall–Kier alpha value is -2.37. The van der Waals surface area contributed by atoms with Gasteiger partial charge in [0.25, 0.3) is 0 Å². The minimum atomic E-state index is -0.823. The molecule has 0 aromatic heterocycles. The predicted molar refractivity (Wildman–Crippen MR) is 112 cm³/mol. The molecule has 0 spiro atoms. The first-order valence-electron chi connectivity index (χ1n) is 9.72. The fraction of sp³-hybridized carbons (Fsp3) is 0.435. The molecule has 0 heterocycles. The molecule has 0 bridgehead atoms. The van der Waals surface area contributed by atoms with Crippen molar-refractivity contribution in [2.75, 3.05) is 0 Å². The van der Waals surface area contributed by atoms with Crippen LogP contribution in [-0.2, 0) is 17.6 Å². The standard InChI is InChI=1S/C23H32N2O3/c1-23(2,3)25-20(15-18-12-8-5-9-13-18)21(26)16-19(28-22(24)27)14-17-10-6-4-7-11-17/h4-13,19-21,25-26H,14-16H2,1-3H3,(H2,24,27)/t19-,20-,21-/m0/s1. The molecule has 4 N–H and O–H groups in total. The molecule has 0 aliphatic carbocycles. The third-order valence-corrected chi connectivity index (χ3v) is 4.47. The highest BCUT2D eigenvalue weighted by molar-refractivity contribution is 5.64. The Morgan fingerprint density at radius 3 is 1.96 bits per heavy atom. The minimum absolute atomic E-state index is 0.167. The molecule has 0 saturated carbocycles. The van der Waals surface area contributed by atoms with E-state index in [0.717, 1.165) is 11.1 Å². The maximum atomic E-state index is 11.4. The molecule has 0 unspecified atom stereocenters. The molecule has 2 aromatic rings. The van der Waals surface area contributed by atoms with Gasteiger partial charge in [-0.3, -0.25) is 0 Å². The summed E-state index contributed by atoms with van der Waals surface area (Å²) in [5.41, 5.74) is 7.27. The van der Waals surface area contributed by atoms with E-state index in [9.17, 15) is 9.90 Å². The quantitative estimate of drug-likeness (QED) is 0.618. The van der Waals surface area contributed by atoms with E-state index in [2.05, 4.69) is 26.1 Å². The number of benzene rings is 2. The van der Waals surface area contributed by atoms with Crippen LogP contribution < -0.4 is 11.1 Å². The molecule has 5 nitrogen and oxygen atoms in total. The van der Waals surface area contributed by atoms with Crippen molar-refractivity contribution < 1.29 is 14.6 Å². The smallest absolute Gasteiger partial charge is 0.404 e. The van der Waals surface area contributed by atoms with E-state index >= 15 is 0 Å². The van der Waals surface area contributed by atoms with Gasteiger partial charge in [-0.25, -0.2) is 4.79 Å². The van der Waals surface area contributed by atoms with Gasteiger partial charge < -0.3 is 20.9 Å². The minimum Gasteiger partial charge on any atom is -0.446 e. The van der Waals surface area contributed by atoms with E-state index in [1.54, 1.807) is 0 Å². The van der Waals surface area contributed by atoms with Crippen molar-refractivity contribution in [3.05, 3.63) is 71.8 Å². The Balaban J connectivity index is 2.12. The van der Waals surface area contributed by atoms with Gasteiger partial charge >= 0.3 is 6.09 Å². The first-order valence-corrected chi connectivity index (χ1v) is 9.72. The Labute approximate surface area is 167 Å². The fourth-order valence-corrected chi connectivity index (χ4v) is 3.36. The second-order valence-corrected chi connectivity index (χ2v) is 8.24. The van der Waals surface area contributed by atoms with Crippen LogP contribution in [0.25, 0.3) is 0 Å². The van der Waals surface area contributed by atoms with E-state index < -0.39 is 18.3 Å². The third kappa shape index (κ3) is 8.11. The van der Waals surface area contributed by atoms with E-state index in [1.165, 1.54) is 0 Å². The normalized spacial score (nSPS) is 14.9. The number of hydrogen-bond acceptors (Lipinski definition) is 4. The van der Waals surface area contributed by atoms with Crippen LogP contribution in [0.3, 0.4) is 0 Å². The summed E-state index contributed by atoms with van der Waals surface area (Å²) < 4.78 is 5.31. The number of carbonyl (C=O) groups is 1. The second kappa shape index (κ2) is 10.2. The highest BCUT2D eigenvalue weighted by Gasteiger charge is 2.28. The zero-order chi connectivity index (χ0) is 20.6. The van der Waals surface area contributed by atoms with Gasteiger partial charge in [0.2, 0.25) is 0 Å². The number of amides is 1. The monoisotopic (exact) mass is 384 g/mol. The van der Waals surface area contributed by atoms with Gasteiger partial charge in [-0.15, -0.1) is 0 Å². The third-order valence-electron chi connectivity index (χ3n) is 4.47. The predicted octanol–water partition coefficient (Wildman–Crippen LogP) is 3.44. The molecular formula is C23H32N2O3. The number of nitrogens with two attached hydrogens (primary N) is 1. The molecule has 152 valence electrons. The van der Waals surface area contributed by atoms with Gasteiger partial charge in [-0.05, 0) is 38.3 Å². The van der Waals surface area contributed by atoms with Crippen molar-refractivity contribution in [2.24, 2.45) is 5.73 Å². The largest absolute Gasteiger partial charge is 0.446 e. The zero-order valence-electron chi connectivity index (χ0n) is 17.0. The Bertz CT molecular complexity index is 714. The van der Waals surface area contributed by atoms with Crippen molar-refractivity contribution in [1.29, 1.82) is 0 Å².